The van der Waals surface area contributed by atoms with Crippen molar-refractivity contribution < 1.29 is 14.0 Å². The van der Waals surface area contributed by atoms with Gasteiger partial charge >= 0.3 is 0 Å². The third kappa shape index (κ3) is 7.01. The van der Waals surface area contributed by atoms with Crippen LogP contribution in [0.4, 0.5) is 4.39 Å². The van der Waals surface area contributed by atoms with Gasteiger partial charge in [0.25, 0.3) is 0 Å². The maximum Gasteiger partial charge on any atom is 0.243 e. The molecule has 0 aliphatic rings. The molecule has 1 N–H and O–H groups in total. The molecule has 2 amide bonds. The molecule has 3 aromatic rings. The Labute approximate surface area is 195 Å². The molecule has 3 rings (SSSR count). The van der Waals surface area contributed by atoms with E-state index in [0.717, 1.165) is 23.1 Å². The second kappa shape index (κ2) is 12.0. The maximum absolute atomic E-state index is 14.5. The molecule has 0 aliphatic heterocycles. The average molecular weight is 447 g/mol. The van der Waals surface area contributed by atoms with Crippen LogP contribution in [0.25, 0.3) is 0 Å². The lowest BCUT2D eigenvalue weighted by atomic mass is 10.0. The second-order valence-corrected chi connectivity index (χ2v) is 8.27. The molecule has 0 bridgehead atoms. The fourth-order valence-corrected chi connectivity index (χ4v) is 3.71. The van der Waals surface area contributed by atoms with Gasteiger partial charge in [0.05, 0.1) is 6.42 Å². The lowest BCUT2D eigenvalue weighted by Crippen LogP contribution is -2.51. The highest BCUT2D eigenvalue weighted by molar-refractivity contribution is 5.88. The summed E-state index contributed by atoms with van der Waals surface area (Å²) in [6.45, 7) is 4.51. The third-order valence-electron chi connectivity index (χ3n) is 5.59. The number of carbonyl (C=O) groups excluding carboxylic acids is 2. The van der Waals surface area contributed by atoms with Crippen LogP contribution in [0, 0.1) is 12.7 Å². The first-order valence-corrected chi connectivity index (χ1v) is 11.4. The van der Waals surface area contributed by atoms with Gasteiger partial charge in [0.2, 0.25) is 11.8 Å². The van der Waals surface area contributed by atoms with Gasteiger partial charge in [-0.3, -0.25) is 9.59 Å². The van der Waals surface area contributed by atoms with Gasteiger partial charge in [-0.1, -0.05) is 85.3 Å². The lowest BCUT2D eigenvalue weighted by molar-refractivity contribution is -0.140. The molecule has 0 aromatic heterocycles. The zero-order valence-corrected chi connectivity index (χ0v) is 19.3. The van der Waals surface area contributed by atoms with Crippen LogP contribution in [-0.2, 0) is 29.0 Å². The summed E-state index contributed by atoms with van der Waals surface area (Å²) in [4.78, 5) is 28.3. The minimum absolute atomic E-state index is 0.0222. The molecule has 0 saturated heterocycles. The molecule has 3 aromatic carbocycles. The van der Waals surface area contributed by atoms with Crippen LogP contribution in [0.3, 0.4) is 0 Å². The molecule has 0 heterocycles. The van der Waals surface area contributed by atoms with E-state index in [2.05, 4.69) is 5.32 Å². The van der Waals surface area contributed by atoms with E-state index in [0.29, 0.717) is 18.5 Å². The highest BCUT2D eigenvalue weighted by atomic mass is 19.1. The van der Waals surface area contributed by atoms with Crippen molar-refractivity contribution in [3.63, 3.8) is 0 Å². The van der Waals surface area contributed by atoms with Gasteiger partial charge in [-0.15, -0.1) is 0 Å². The number of nitrogens with one attached hydrogen (secondary N) is 1. The summed E-state index contributed by atoms with van der Waals surface area (Å²) in [5.74, 6) is -0.831. The van der Waals surface area contributed by atoms with Gasteiger partial charge in [-0.05, 0) is 30.5 Å². The van der Waals surface area contributed by atoms with E-state index in [1.54, 1.807) is 18.2 Å². The molecule has 0 spiro atoms. The third-order valence-corrected chi connectivity index (χ3v) is 5.59. The molecule has 5 heteroatoms. The summed E-state index contributed by atoms with van der Waals surface area (Å²) in [7, 11) is 0. The Morgan fingerprint density at radius 2 is 1.58 bits per heavy atom. The van der Waals surface area contributed by atoms with E-state index >= 15 is 0 Å². The van der Waals surface area contributed by atoms with E-state index in [1.807, 2.05) is 68.4 Å². The average Bonchev–Trinajstić information content (AvgIpc) is 2.83. The predicted molar refractivity (Wildman–Crippen MR) is 129 cm³/mol. The molecule has 4 nitrogen and oxygen atoms in total. The van der Waals surface area contributed by atoms with Gasteiger partial charge in [-0.25, -0.2) is 4.39 Å². The predicted octanol–water partition coefficient (Wildman–Crippen LogP) is 4.84. The molecule has 0 fully saturated rings. The van der Waals surface area contributed by atoms with Crippen molar-refractivity contribution in [1.82, 2.24) is 10.2 Å². The molecular weight excluding hydrogens is 415 g/mol. The zero-order chi connectivity index (χ0) is 23.6. The number of hydrogen-bond donors (Lipinski definition) is 1. The van der Waals surface area contributed by atoms with Crippen LogP contribution >= 0.6 is 0 Å². The van der Waals surface area contributed by atoms with Gasteiger partial charge in [-0.2, -0.15) is 0 Å². The van der Waals surface area contributed by atoms with Crippen molar-refractivity contribution >= 4 is 11.8 Å². The maximum atomic E-state index is 14.5. The van der Waals surface area contributed by atoms with Crippen molar-refractivity contribution in [2.24, 2.45) is 0 Å². The quantitative estimate of drug-likeness (QED) is 0.484. The Morgan fingerprint density at radius 3 is 2.24 bits per heavy atom. The summed E-state index contributed by atoms with van der Waals surface area (Å²) in [6.07, 6.45) is 1.28. The SMILES string of the molecule is CCCNC(=O)[C@@H](Cc1ccccc1)N(Cc1ccccc1F)C(=O)Cc1ccc(C)cc1. The number of halogens is 1. The van der Waals surface area contributed by atoms with Crippen molar-refractivity contribution in [2.45, 2.75) is 45.7 Å². The van der Waals surface area contributed by atoms with E-state index in [-0.39, 0.29) is 24.8 Å². The first-order chi connectivity index (χ1) is 16.0. The highest BCUT2D eigenvalue weighted by Gasteiger charge is 2.30. The fourth-order valence-electron chi connectivity index (χ4n) is 3.71. The van der Waals surface area contributed by atoms with E-state index in [9.17, 15) is 14.0 Å². The Morgan fingerprint density at radius 1 is 0.909 bits per heavy atom. The lowest BCUT2D eigenvalue weighted by Gasteiger charge is -2.32. The Bertz CT molecular complexity index is 1050. The Hall–Kier alpha value is -3.47. The van der Waals surface area contributed by atoms with Gasteiger partial charge in [0.15, 0.2) is 0 Å². The van der Waals surface area contributed by atoms with E-state index in [4.69, 9.17) is 0 Å². The number of benzene rings is 3. The number of carbonyl (C=O) groups is 2. The zero-order valence-electron chi connectivity index (χ0n) is 19.3. The Balaban J connectivity index is 1.95. The van der Waals surface area contributed by atoms with Crippen LogP contribution in [-0.4, -0.2) is 29.3 Å². The van der Waals surface area contributed by atoms with Crippen molar-refractivity contribution in [3.05, 3.63) is 107 Å². The summed E-state index contributed by atoms with van der Waals surface area (Å²) < 4.78 is 14.5. The number of aryl methyl sites for hydroxylation is 1. The van der Waals surface area contributed by atoms with Crippen molar-refractivity contribution in [1.29, 1.82) is 0 Å². The molecule has 172 valence electrons. The molecule has 33 heavy (non-hydrogen) atoms. The largest absolute Gasteiger partial charge is 0.354 e. The van der Waals surface area contributed by atoms with Crippen LogP contribution < -0.4 is 5.32 Å². The summed E-state index contributed by atoms with van der Waals surface area (Å²) in [5.41, 5.74) is 3.29. The van der Waals surface area contributed by atoms with Gasteiger partial charge < -0.3 is 10.2 Å². The molecule has 0 unspecified atom stereocenters. The molecule has 0 radical (unpaired) electrons. The van der Waals surface area contributed by atoms with E-state index in [1.165, 1.54) is 11.0 Å². The second-order valence-electron chi connectivity index (χ2n) is 8.27. The monoisotopic (exact) mass is 446 g/mol. The van der Waals surface area contributed by atoms with Crippen LogP contribution in [0.5, 0.6) is 0 Å². The normalized spacial score (nSPS) is 11.6. The first-order valence-electron chi connectivity index (χ1n) is 11.4. The van der Waals surface area contributed by atoms with Gasteiger partial charge in [0, 0.05) is 25.1 Å². The van der Waals surface area contributed by atoms with Crippen LogP contribution in [0.1, 0.15) is 35.6 Å². The highest BCUT2D eigenvalue weighted by Crippen LogP contribution is 2.18. The molecule has 0 aliphatic carbocycles. The topological polar surface area (TPSA) is 49.4 Å². The van der Waals surface area contributed by atoms with Crippen molar-refractivity contribution in [2.75, 3.05) is 6.54 Å². The number of amides is 2. The van der Waals surface area contributed by atoms with Gasteiger partial charge in [0.1, 0.15) is 11.9 Å². The van der Waals surface area contributed by atoms with Crippen molar-refractivity contribution in [3.8, 4) is 0 Å². The Kier molecular flexibility index (Phi) is 8.76. The smallest absolute Gasteiger partial charge is 0.243 e. The molecule has 0 saturated carbocycles. The number of nitrogens with zero attached hydrogens (tertiary/aromatic N) is 1. The standard InChI is InChI=1S/C28H31FN2O2/c1-3-17-30-28(33)26(18-22-9-5-4-6-10-22)31(20-24-11-7-8-12-25(24)29)27(32)19-23-15-13-21(2)14-16-23/h4-16,26H,3,17-20H2,1-2H3,(H,30,33)/t26-/m1/s1. The summed E-state index contributed by atoms with van der Waals surface area (Å²) >= 11 is 0. The molecular formula is C28H31FN2O2. The van der Waals surface area contributed by atoms with Crippen LogP contribution in [0.15, 0.2) is 78.9 Å². The molecule has 1 atom stereocenters. The summed E-state index contributed by atoms with van der Waals surface area (Å²) in [5, 5.41) is 2.93. The first kappa shape index (κ1) is 24.2. The van der Waals surface area contributed by atoms with E-state index < -0.39 is 11.9 Å². The summed E-state index contributed by atoms with van der Waals surface area (Å²) in [6, 6.07) is 23.0. The minimum Gasteiger partial charge on any atom is -0.354 e. The number of hydrogen-bond acceptors (Lipinski definition) is 2. The van der Waals surface area contributed by atoms with Crippen LogP contribution in [0.2, 0.25) is 0 Å². The fraction of sp³-hybridized carbons (Fsp3) is 0.286. The minimum atomic E-state index is -0.753. The number of rotatable bonds is 10.